The van der Waals surface area contributed by atoms with Gasteiger partial charge in [0.15, 0.2) is 0 Å². The number of piperazine rings is 1. The third kappa shape index (κ3) is 3.86. The van der Waals surface area contributed by atoms with Gasteiger partial charge in [0.2, 0.25) is 0 Å². The molecule has 2 aliphatic heterocycles. The van der Waals surface area contributed by atoms with Gasteiger partial charge >= 0.3 is 0 Å². The first-order valence-electron chi connectivity index (χ1n) is 7.82. The average Bonchev–Trinajstić information content (AvgIpc) is 3.03. The number of ether oxygens (including phenoxy) is 2. The van der Waals surface area contributed by atoms with E-state index in [2.05, 4.69) is 10.2 Å². The Morgan fingerprint density at radius 2 is 2.19 bits per heavy atom. The summed E-state index contributed by atoms with van der Waals surface area (Å²) < 4.78 is 25.0. The summed E-state index contributed by atoms with van der Waals surface area (Å²) in [6.45, 7) is 5.09. The van der Waals surface area contributed by atoms with E-state index in [1.54, 1.807) is 12.1 Å². The van der Waals surface area contributed by atoms with Crippen LogP contribution in [0.25, 0.3) is 0 Å². The van der Waals surface area contributed by atoms with Crippen LogP contribution in [-0.4, -0.2) is 45.5 Å². The lowest BCUT2D eigenvalue weighted by atomic mass is 10.2. The van der Waals surface area contributed by atoms with Crippen molar-refractivity contribution in [2.75, 3.05) is 44.3 Å². The number of halogens is 1. The Hall–Kier alpha value is -1.33. The molecule has 0 amide bonds. The maximum absolute atomic E-state index is 13.6. The lowest BCUT2D eigenvalue weighted by Gasteiger charge is -2.30. The van der Waals surface area contributed by atoms with Crippen molar-refractivity contribution < 1.29 is 13.9 Å². The molecule has 0 aliphatic carbocycles. The van der Waals surface area contributed by atoms with Gasteiger partial charge in [0.25, 0.3) is 0 Å². The first-order valence-corrected chi connectivity index (χ1v) is 7.82. The first kappa shape index (κ1) is 14.6. The molecule has 1 aromatic rings. The fourth-order valence-electron chi connectivity index (χ4n) is 2.94. The Morgan fingerprint density at radius 3 is 2.95 bits per heavy atom. The molecule has 2 heterocycles. The summed E-state index contributed by atoms with van der Waals surface area (Å²) in [7, 11) is 0. The third-order valence-electron chi connectivity index (χ3n) is 4.10. The fraction of sp³-hybridized carbons (Fsp3) is 0.625. The predicted molar refractivity (Wildman–Crippen MR) is 80.6 cm³/mol. The van der Waals surface area contributed by atoms with E-state index in [9.17, 15) is 4.39 Å². The summed E-state index contributed by atoms with van der Waals surface area (Å²) in [5, 5.41) is 3.31. The molecular weight excluding hydrogens is 271 g/mol. The molecule has 2 fully saturated rings. The highest BCUT2D eigenvalue weighted by Gasteiger charge is 2.18. The van der Waals surface area contributed by atoms with E-state index >= 15 is 0 Å². The lowest BCUT2D eigenvalue weighted by molar-refractivity contribution is 0.0904. The highest BCUT2D eigenvalue weighted by molar-refractivity contribution is 5.59. The molecule has 1 unspecified atom stereocenters. The largest absolute Gasteiger partial charge is 0.491 e. The Bertz CT molecular complexity index is 458. The van der Waals surface area contributed by atoms with Crippen molar-refractivity contribution in [2.45, 2.75) is 25.4 Å². The van der Waals surface area contributed by atoms with Crippen LogP contribution < -0.4 is 15.0 Å². The van der Waals surface area contributed by atoms with Crippen LogP contribution in [0.4, 0.5) is 10.1 Å². The molecule has 1 N–H and O–H groups in total. The Kier molecular flexibility index (Phi) is 4.93. The molecule has 1 atom stereocenters. The highest BCUT2D eigenvalue weighted by Crippen LogP contribution is 2.30. The van der Waals surface area contributed by atoms with E-state index in [4.69, 9.17) is 9.47 Å². The van der Waals surface area contributed by atoms with E-state index < -0.39 is 0 Å². The van der Waals surface area contributed by atoms with Gasteiger partial charge in [0, 0.05) is 45.3 Å². The number of hydrogen-bond acceptors (Lipinski definition) is 4. The zero-order valence-corrected chi connectivity index (χ0v) is 12.3. The molecule has 2 saturated heterocycles. The van der Waals surface area contributed by atoms with Crippen molar-refractivity contribution in [3.63, 3.8) is 0 Å². The summed E-state index contributed by atoms with van der Waals surface area (Å²) in [5.74, 6) is 0.561. The molecule has 116 valence electrons. The lowest BCUT2D eigenvalue weighted by Crippen LogP contribution is -2.43. The number of hydrogen-bond donors (Lipinski definition) is 1. The van der Waals surface area contributed by atoms with Crippen molar-refractivity contribution in [1.29, 1.82) is 0 Å². The molecule has 0 radical (unpaired) electrons. The van der Waals surface area contributed by atoms with Gasteiger partial charge in [-0.05, 0) is 25.0 Å². The summed E-state index contributed by atoms with van der Waals surface area (Å²) in [4.78, 5) is 2.18. The fourth-order valence-corrected chi connectivity index (χ4v) is 2.94. The van der Waals surface area contributed by atoms with Crippen LogP contribution in [0.5, 0.6) is 5.75 Å². The Morgan fingerprint density at radius 1 is 1.33 bits per heavy atom. The predicted octanol–water partition coefficient (Wildman–Crippen LogP) is 2.18. The van der Waals surface area contributed by atoms with Crippen molar-refractivity contribution >= 4 is 5.69 Å². The molecule has 5 heteroatoms. The molecule has 21 heavy (non-hydrogen) atoms. The molecule has 0 aromatic heterocycles. The van der Waals surface area contributed by atoms with Gasteiger partial charge in [-0.15, -0.1) is 0 Å². The number of rotatable bonds is 5. The van der Waals surface area contributed by atoms with E-state index in [1.165, 1.54) is 6.07 Å². The molecule has 4 nitrogen and oxygen atoms in total. The second-order valence-corrected chi connectivity index (χ2v) is 5.62. The van der Waals surface area contributed by atoms with Crippen molar-refractivity contribution in [3.05, 3.63) is 24.0 Å². The molecule has 0 bridgehead atoms. The van der Waals surface area contributed by atoms with Gasteiger partial charge in [0.1, 0.15) is 11.6 Å². The normalized spacial score (nSPS) is 22.5. The SMILES string of the molecule is Fc1ccc(OCCC2CCCO2)c(N2CCNCC2)c1. The van der Waals surface area contributed by atoms with Crippen LogP contribution in [0.2, 0.25) is 0 Å². The Balaban J connectivity index is 1.62. The van der Waals surface area contributed by atoms with Gasteiger partial charge in [-0.2, -0.15) is 0 Å². The van der Waals surface area contributed by atoms with Gasteiger partial charge in [-0.25, -0.2) is 4.39 Å². The monoisotopic (exact) mass is 294 g/mol. The highest BCUT2D eigenvalue weighted by atomic mass is 19.1. The zero-order chi connectivity index (χ0) is 14.5. The number of anilines is 1. The molecule has 0 saturated carbocycles. The summed E-state index contributed by atoms with van der Waals surface area (Å²) in [5.41, 5.74) is 0.865. The van der Waals surface area contributed by atoms with Gasteiger partial charge < -0.3 is 19.7 Å². The smallest absolute Gasteiger partial charge is 0.142 e. The topological polar surface area (TPSA) is 33.7 Å². The second kappa shape index (κ2) is 7.09. The minimum atomic E-state index is -0.213. The quantitative estimate of drug-likeness (QED) is 0.902. The summed E-state index contributed by atoms with van der Waals surface area (Å²) in [6, 6.07) is 4.78. The molecular formula is C16H23FN2O2. The third-order valence-corrected chi connectivity index (χ3v) is 4.10. The number of nitrogens with zero attached hydrogens (tertiary/aromatic N) is 1. The van der Waals surface area contributed by atoms with Crippen molar-refractivity contribution in [3.8, 4) is 5.75 Å². The van der Waals surface area contributed by atoms with Crippen LogP contribution in [0.1, 0.15) is 19.3 Å². The second-order valence-electron chi connectivity index (χ2n) is 5.62. The van der Waals surface area contributed by atoms with Crippen LogP contribution in [0, 0.1) is 5.82 Å². The molecule has 0 spiro atoms. The van der Waals surface area contributed by atoms with Crippen LogP contribution in [0.15, 0.2) is 18.2 Å². The van der Waals surface area contributed by atoms with Crippen LogP contribution in [0.3, 0.4) is 0 Å². The minimum Gasteiger partial charge on any atom is -0.491 e. The molecule has 3 rings (SSSR count). The number of nitrogens with one attached hydrogen (secondary N) is 1. The molecule has 1 aromatic carbocycles. The summed E-state index contributed by atoms with van der Waals surface area (Å²) in [6.07, 6.45) is 3.50. The average molecular weight is 294 g/mol. The zero-order valence-electron chi connectivity index (χ0n) is 12.3. The first-order chi connectivity index (χ1) is 10.3. The van der Waals surface area contributed by atoms with E-state index in [0.717, 1.165) is 63.5 Å². The van der Waals surface area contributed by atoms with Crippen molar-refractivity contribution in [2.24, 2.45) is 0 Å². The standard InChI is InChI=1S/C16H23FN2O2/c17-13-3-4-16(21-11-5-14-2-1-10-20-14)15(12-13)19-8-6-18-7-9-19/h3-4,12,14,18H,1-2,5-11H2. The van der Waals surface area contributed by atoms with E-state index in [0.29, 0.717) is 12.7 Å². The summed E-state index contributed by atoms with van der Waals surface area (Å²) >= 11 is 0. The van der Waals surface area contributed by atoms with E-state index in [1.807, 2.05) is 0 Å². The van der Waals surface area contributed by atoms with Crippen LogP contribution in [-0.2, 0) is 4.74 Å². The molecule has 2 aliphatic rings. The Labute approximate surface area is 125 Å². The van der Waals surface area contributed by atoms with Gasteiger partial charge in [0.05, 0.1) is 18.4 Å². The minimum absolute atomic E-state index is 0.213. The van der Waals surface area contributed by atoms with Gasteiger partial charge in [-0.1, -0.05) is 0 Å². The number of benzene rings is 1. The van der Waals surface area contributed by atoms with Crippen molar-refractivity contribution in [1.82, 2.24) is 5.32 Å². The van der Waals surface area contributed by atoms with Crippen LogP contribution >= 0.6 is 0 Å². The maximum Gasteiger partial charge on any atom is 0.142 e. The van der Waals surface area contributed by atoms with Gasteiger partial charge in [-0.3, -0.25) is 0 Å². The van der Waals surface area contributed by atoms with E-state index in [-0.39, 0.29) is 5.82 Å². The maximum atomic E-state index is 13.6.